The van der Waals surface area contributed by atoms with Gasteiger partial charge in [0, 0.05) is 0 Å². The zero-order valence-corrected chi connectivity index (χ0v) is 21.3. The van der Waals surface area contributed by atoms with Crippen molar-refractivity contribution >= 4 is 0 Å². The van der Waals surface area contributed by atoms with Gasteiger partial charge in [-0.1, -0.05) is 48.6 Å². The third kappa shape index (κ3) is 2.80. The second-order valence-electron chi connectivity index (χ2n) is 14.0. The van der Waals surface area contributed by atoms with Gasteiger partial charge < -0.3 is 0 Å². The van der Waals surface area contributed by atoms with Crippen LogP contribution in [0.4, 0.5) is 0 Å². The second kappa shape index (κ2) is 6.76. The summed E-state index contributed by atoms with van der Waals surface area (Å²) < 4.78 is 0. The van der Waals surface area contributed by atoms with E-state index in [9.17, 15) is 0 Å². The maximum absolute atomic E-state index is 2.69. The number of hydrogen-bond donors (Lipinski definition) is 0. The van der Waals surface area contributed by atoms with Gasteiger partial charge in [-0.3, -0.25) is 0 Å². The number of allylic oxidation sites excluding steroid dienone is 8. The van der Waals surface area contributed by atoms with E-state index in [4.69, 9.17) is 0 Å². The minimum absolute atomic E-state index is 0.471. The monoisotopic (exact) mass is 430 g/mol. The second-order valence-corrected chi connectivity index (χ2v) is 14.0. The Labute approximate surface area is 197 Å². The summed E-state index contributed by atoms with van der Waals surface area (Å²) in [6.07, 6.45) is 38.2. The summed E-state index contributed by atoms with van der Waals surface area (Å²) in [5.74, 6) is 1.89. The lowest BCUT2D eigenvalue weighted by Crippen LogP contribution is -2.67. The highest BCUT2D eigenvalue weighted by Gasteiger charge is 2.72. The fourth-order valence-electron chi connectivity index (χ4n) is 12.5. The van der Waals surface area contributed by atoms with E-state index in [0.717, 1.165) is 11.8 Å². The van der Waals surface area contributed by atoms with Crippen molar-refractivity contribution in [3.8, 4) is 0 Å². The molecule has 32 heavy (non-hydrogen) atoms. The van der Waals surface area contributed by atoms with E-state index >= 15 is 0 Å². The molecule has 0 heterocycles. The molecule has 0 N–H and O–H groups in total. The largest absolute Gasteiger partial charge is 0.0911 e. The maximum Gasteiger partial charge on any atom is -0.0102 e. The van der Waals surface area contributed by atoms with Gasteiger partial charge in [0.1, 0.15) is 0 Å². The summed E-state index contributed by atoms with van der Waals surface area (Å²) in [4.78, 5) is 0. The molecular formula is C32H46. The minimum atomic E-state index is 0.471. The fourth-order valence-corrected chi connectivity index (χ4v) is 12.5. The Bertz CT molecular complexity index is 765. The summed E-state index contributed by atoms with van der Waals surface area (Å²) in [6, 6.07) is 0. The smallest absolute Gasteiger partial charge is 0.0102 e. The highest BCUT2D eigenvalue weighted by Crippen LogP contribution is 2.82. The van der Waals surface area contributed by atoms with Gasteiger partial charge in [-0.25, -0.2) is 0 Å². The summed E-state index contributed by atoms with van der Waals surface area (Å²) in [7, 11) is 0. The Hall–Kier alpha value is -1.04. The molecule has 0 aliphatic heterocycles. The first-order valence-corrected chi connectivity index (χ1v) is 13.9. The molecule has 0 aromatic heterocycles. The van der Waals surface area contributed by atoms with E-state index in [2.05, 4.69) is 76.3 Å². The standard InChI is InChI=1S/C32H46/c1-5-9-27-13-25-14-28(19-27,10-6-2)22-31(17-25,21-27)32-18-26-15-29(23-32,11-7-3)20-30(16-26,24-32)12-8-4/h5-12,25-26H,13-24H2,1-4H3. The van der Waals surface area contributed by atoms with Gasteiger partial charge >= 0.3 is 0 Å². The van der Waals surface area contributed by atoms with E-state index in [1.807, 2.05) is 0 Å². The zero-order valence-electron chi connectivity index (χ0n) is 21.3. The summed E-state index contributed by atoms with van der Waals surface area (Å²) >= 11 is 0. The van der Waals surface area contributed by atoms with Crippen molar-refractivity contribution in [3.05, 3.63) is 48.6 Å². The molecule has 8 saturated carbocycles. The van der Waals surface area contributed by atoms with Crippen molar-refractivity contribution in [3.63, 3.8) is 0 Å². The molecule has 0 aromatic rings. The lowest BCUT2D eigenvalue weighted by atomic mass is 9.28. The average molecular weight is 431 g/mol. The normalized spacial score (nSPS) is 56.1. The third-order valence-corrected chi connectivity index (χ3v) is 11.5. The Morgan fingerprint density at radius 1 is 0.406 bits per heavy atom. The van der Waals surface area contributed by atoms with E-state index in [0.29, 0.717) is 32.5 Å². The van der Waals surface area contributed by atoms with Gasteiger partial charge in [-0.15, -0.1) is 0 Å². The number of rotatable bonds is 5. The van der Waals surface area contributed by atoms with Crippen LogP contribution in [0.15, 0.2) is 48.6 Å². The van der Waals surface area contributed by atoms with E-state index in [1.54, 1.807) is 0 Å². The molecular weight excluding hydrogens is 384 g/mol. The molecule has 0 aromatic carbocycles. The molecule has 8 rings (SSSR count). The van der Waals surface area contributed by atoms with Crippen LogP contribution in [0.25, 0.3) is 0 Å². The van der Waals surface area contributed by atoms with Crippen LogP contribution in [-0.2, 0) is 0 Å². The van der Waals surface area contributed by atoms with E-state index in [-0.39, 0.29) is 0 Å². The fraction of sp³-hybridized carbons (Fsp3) is 0.750. The lowest BCUT2D eigenvalue weighted by Gasteiger charge is -2.76. The van der Waals surface area contributed by atoms with Crippen molar-refractivity contribution in [2.24, 2.45) is 44.3 Å². The van der Waals surface area contributed by atoms with Crippen molar-refractivity contribution in [2.45, 2.75) is 105 Å². The first-order chi connectivity index (χ1) is 15.3. The first-order valence-electron chi connectivity index (χ1n) is 13.9. The molecule has 4 atom stereocenters. The molecule has 8 fully saturated rings. The molecule has 0 spiro atoms. The molecule has 8 bridgehead atoms. The van der Waals surface area contributed by atoms with Gasteiger partial charge in [-0.05, 0) is 149 Å². The lowest BCUT2D eigenvalue weighted by molar-refractivity contribution is -0.247. The summed E-state index contributed by atoms with van der Waals surface area (Å²) in [6.45, 7) is 9.11. The van der Waals surface area contributed by atoms with Crippen molar-refractivity contribution in [1.29, 1.82) is 0 Å². The molecule has 8 aliphatic rings. The summed E-state index contributed by atoms with van der Waals surface area (Å²) in [5.41, 5.74) is 3.00. The third-order valence-electron chi connectivity index (χ3n) is 11.5. The average Bonchev–Trinajstić information content (AvgIpc) is 2.65. The molecule has 0 amide bonds. The van der Waals surface area contributed by atoms with E-state index < -0.39 is 0 Å². The molecule has 0 nitrogen and oxygen atoms in total. The molecule has 0 saturated heterocycles. The molecule has 8 aliphatic carbocycles. The molecule has 0 radical (unpaired) electrons. The van der Waals surface area contributed by atoms with Crippen LogP contribution in [0.2, 0.25) is 0 Å². The Morgan fingerprint density at radius 2 is 0.688 bits per heavy atom. The Kier molecular flexibility index (Phi) is 4.54. The molecule has 4 unspecified atom stereocenters. The van der Waals surface area contributed by atoms with Crippen molar-refractivity contribution in [1.82, 2.24) is 0 Å². The van der Waals surface area contributed by atoms with Gasteiger partial charge in [0.25, 0.3) is 0 Å². The van der Waals surface area contributed by atoms with Crippen LogP contribution in [0.1, 0.15) is 105 Å². The van der Waals surface area contributed by atoms with Crippen molar-refractivity contribution in [2.75, 3.05) is 0 Å². The van der Waals surface area contributed by atoms with Crippen LogP contribution in [-0.4, -0.2) is 0 Å². The van der Waals surface area contributed by atoms with Gasteiger partial charge in [0.2, 0.25) is 0 Å². The molecule has 174 valence electrons. The van der Waals surface area contributed by atoms with Crippen LogP contribution in [0.5, 0.6) is 0 Å². The van der Waals surface area contributed by atoms with Crippen LogP contribution in [0, 0.1) is 44.3 Å². The Morgan fingerprint density at radius 3 is 0.938 bits per heavy atom. The minimum Gasteiger partial charge on any atom is -0.0911 e. The van der Waals surface area contributed by atoms with Gasteiger partial charge in [0.05, 0.1) is 0 Å². The van der Waals surface area contributed by atoms with Crippen LogP contribution in [0.3, 0.4) is 0 Å². The number of hydrogen-bond acceptors (Lipinski definition) is 0. The predicted molar refractivity (Wildman–Crippen MR) is 136 cm³/mol. The van der Waals surface area contributed by atoms with E-state index in [1.165, 1.54) is 77.0 Å². The SMILES string of the molecule is CC=CC12CC3CC(C=CC)(C1)CC(C14CC5CC(C=CC)(CC(C=CC)(C5)C1)C4)(C3)C2. The highest BCUT2D eigenvalue weighted by atomic mass is 14.8. The molecule has 0 heteroatoms. The maximum atomic E-state index is 2.69. The predicted octanol–water partition coefficient (Wildman–Crippen LogP) is 9.20. The van der Waals surface area contributed by atoms with Crippen molar-refractivity contribution < 1.29 is 0 Å². The van der Waals surface area contributed by atoms with Crippen LogP contribution >= 0.6 is 0 Å². The summed E-state index contributed by atoms with van der Waals surface area (Å²) in [5, 5.41) is 0. The van der Waals surface area contributed by atoms with Crippen LogP contribution < -0.4 is 0 Å². The quantitative estimate of drug-likeness (QED) is 0.381. The Balaban J connectivity index is 1.51. The zero-order chi connectivity index (χ0) is 22.3. The first kappa shape index (κ1) is 21.5. The van der Waals surface area contributed by atoms with Gasteiger partial charge in [0.15, 0.2) is 0 Å². The highest BCUT2D eigenvalue weighted by molar-refractivity contribution is 5.30. The topological polar surface area (TPSA) is 0 Å². The van der Waals surface area contributed by atoms with Gasteiger partial charge in [-0.2, -0.15) is 0 Å².